The van der Waals surface area contributed by atoms with Crippen LogP contribution >= 0.6 is 0 Å². The Hall–Kier alpha value is -3.16. The Morgan fingerprint density at radius 2 is 1.85 bits per heavy atom. The highest BCUT2D eigenvalue weighted by atomic mass is 19.3. The molecular formula is C18H18F2N2O4. The average molecular weight is 364 g/mol. The van der Waals surface area contributed by atoms with Crippen molar-refractivity contribution in [1.29, 1.82) is 0 Å². The van der Waals surface area contributed by atoms with Gasteiger partial charge < -0.3 is 9.47 Å². The summed E-state index contributed by atoms with van der Waals surface area (Å²) >= 11 is 0. The van der Waals surface area contributed by atoms with Crippen molar-refractivity contribution in [2.24, 2.45) is 0 Å². The molecule has 0 aromatic heterocycles. The van der Waals surface area contributed by atoms with Gasteiger partial charge >= 0.3 is 6.61 Å². The molecule has 0 heterocycles. The summed E-state index contributed by atoms with van der Waals surface area (Å²) in [5, 5.41) is 0. The lowest BCUT2D eigenvalue weighted by Gasteiger charge is -2.11. The minimum Gasteiger partial charge on any atom is -0.483 e. The van der Waals surface area contributed by atoms with Gasteiger partial charge in [-0.2, -0.15) is 8.78 Å². The molecule has 0 aliphatic heterocycles. The Morgan fingerprint density at radius 1 is 1.08 bits per heavy atom. The van der Waals surface area contributed by atoms with E-state index in [0.717, 1.165) is 18.1 Å². The fourth-order valence-electron chi connectivity index (χ4n) is 2.13. The maximum absolute atomic E-state index is 12.2. The smallest absolute Gasteiger partial charge is 0.387 e. The van der Waals surface area contributed by atoms with Crippen LogP contribution in [-0.2, 0) is 11.2 Å². The van der Waals surface area contributed by atoms with Crippen molar-refractivity contribution in [2.45, 2.75) is 20.0 Å². The number of rotatable bonds is 7. The highest BCUT2D eigenvalue weighted by Gasteiger charge is 2.11. The van der Waals surface area contributed by atoms with E-state index in [0.29, 0.717) is 5.75 Å². The van der Waals surface area contributed by atoms with Gasteiger partial charge in [0.2, 0.25) is 0 Å². The minimum absolute atomic E-state index is 0.0562. The second-order valence-corrected chi connectivity index (χ2v) is 5.16. The number of carbonyl (C=O) groups excluding carboxylic acids is 2. The molecule has 0 saturated carbocycles. The third kappa shape index (κ3) is 5.73. The van der Waals surface area contributed by atoms with E-state index in [4.69, 9.17) is 4.74 Å². The van der Waals surface area contributed by atoms with Gasteiger partial charge in [0.15, 0.2) is 6.61 Å². The zero-order valence-electron chi connectivity index (χ0n) is 14.0. The molecular weight excluding hydrogens is 346 g/mol. The van der Waals surface area contributed by atoms with Crippen LogP contribution in [0.3, 0.4) is 0 Å². The zero-order chi connectivity index (χ0) is 18.9. The third-order valence-electron chi connectivity index (χ3n) is 3.35. The summed E-state index contributed by atoms with van der Waals surface area (Å²) in [4.78, 5) is 23.7. The quantitative estimate of drug-likeness (QED) is 0.741. The topological polar surface area (TPSA) is 76.7 Å². The first kappa shape index (κ1) is 19.2. The number of nitrogens with one attached hydrogen (secondary N) is 2. The number of ether oxygens (including phenoxy) is 2. The van der Waals surface area contributed by atoms with E-state index in [9.17, 15) is 18.4 Å². The standard InChI is InChI=1S/C18H18F2N2O4/c1-2-12-6-3-4-9-15(12)25-11-16(23)21-22-17(24)13-7-5-8-14(10-13)26-18(19)20/h3-10,18H,2,11H2,1H3,(H,21,23)(H,22,24). The number of aryl methyl sites for hydroxylation is 1. The number of hydrogen-bond acceptors (Lipinski definition) is 4. The van der Waals surface area contributed by atoms with Crippen LogP contribution in [0.25, 0.3) is 0 Å². The van der Waals surface area contributed by atoms with Gasteiger partial charge in [-0.05, 0) is 36.2 Å². The molecule has 0 bridgehead atoms. The van der Waals surface area contributed by atoms with Crippen LogP contribution in [0.4, 0.5) is 8.78 Å². The Balaban J connectivity index is 1.84. The van der Waals surface area contributed by atoms with Crippen LogP contribution in [0.1, 0.15) is 22.8 Å². The highest BCUT2D eigenvalue weighted by Crippen LogP contribution is 2.18. The van der Waals surface area contributed by atoms with E-state index in [1.54, 1.807) is 12.1 Å². The molecule has 0 atom stereocenters. The zero-order valence-corrected chi connectivity index (χ0v) is 14.0. The van der Waals surface area contributed by atoms with E-state index < -0.39 is 18.4 Å². The molecule has 0 spiro atoms. The Kier molecular flexibility index (Phi) is 6.90. The molecule has 0 aliphatic rings. The second kappa shape index (κ2) is 9.36. The van der Waals surface area contributed by atoms with Crippen LogP contribution in [-0.4, -0.2) is 25.0 Å². The summed E-state index contributed by atoms with van der Waals surface area (Å²) in [5.74, 6) is -0.803. The van der Waals surface area contributed by atoms with Crippen molar-refractivity contribution < 1.29 is 27.8 Å². The first-order valence-corrected chi connectivity index (χ1v) is 7.84. The van der Waals surface area contributed by atoms with Crippen molar-refractivity contribution in [2.75, 3.05) is 6.61 Å². The number of halogens is 2. The molecule has 6 nitrogen and oxygen atoms in total. The summed E-state index contributed by atoms with van der Waals surface area (Å²) in [7, 11) is 0. The summed E-state index contributed by atoms with van der Waals surface area (Å²) < 4.78 is 34.0. The van der Waals surface area contributed by atoms with Gasteiger partial charge in [-0.3, -0.25) is 20.4 Å². The maximum Gasteiger partial charge on any atom is 0.387 e. The monoisotopic (exact) mass is 364 g/mol. The number of carbonyl (C=O) groups is 2. The molecule has 0 radical (unpaired) electrons. The average Bonchev–Trinajstić information content (AvgIpc) is 2.64. The van der Waals surface area contributed by atoms with Gasteiger partial charge in [0, 0.05) is 5.56 Å². The summed E-state index contributed by atoms with van der Waals surface area (Å²) in [6, 6.07) is 12.5. The van der Waals surface area contributed by atoms with Crippen molar-refractivity contribution >= 4 is 11.8 Å². The van der Waals surface area contributed by atoms with Gasteiger partial charge in [-0.15, -0.1) is 0 Å². The lowest BCUT2D eigenvalue weighted by atomic mass is 10.1. The van der Waals surface area contributed by atoms with Crippen LogP contribution in [0.2, 0.25) is 0 Å². The van der Waals surface area contributed by atoms with Crippen LogP contribution < -0.4 is 20.3 Å². The van der Waals surface area contributed by atoms with E-state index in [-0.39, 0.29) is 17.9 Å². The van der Waals surface area contributed by atoms with E-state index in [2.05, 4.69) is 15.6 Å². The van der Waals surface area contributed by atoms with Crippen LogP contribution in [0.15, 0.2) is 48.5 Å². The van der Waals surface area contributed by atoms with Gasteiger partial charge in [0.05, 0.1) is 0 Å². The molecule has 2 amide bonds. The SMILES string of the molecule is CCc1ccccc1OCC(=O)NNC(=O)c1cccc(OC(F)F)c1. The summed E-state index contributed by atoms with van der Waals surface area (Å²) in [6.45, 7) is -1.31. The second-order valence-electron chi connectivity index (χ2n) is 5.16. The van der Waals surface area contributed by atoms with Crippen molar-refractivity contribution in [1.82, 2.24) is 10.9 Å². The molecule has 2 N–H and O–H groups in total. The van der Waals surface area contributed by atoms with Crippen molar-refractivity contribution in [3.05, 3.63) is 59.7 Å². The molecule has 2 aromatic rings. The van der Waals surface area contributed by atoms with Crippen molar-refractivity contribution in [3.8, 4) is 11.5 Å². The van der Waals surface area contributed by atoms with E-state index in [1.165, 1.54) is 18.2 Å². The van der Waals surface area contributed by atoms with Gasteiger partial charge in [0.25, 0.3) is 11.8 Å². The molecule has 2 aromatic carbocycles. The molecule has 0 unspecified atom stereocenters. The number of hydrazine groups is 1. The summed E-state index contributed by atoms with van der Waals surface area (Å²) in [5.41, 5.74) is 5.39. The lowest BCUT2D eigenvalue weighted by molar-refractivity contribution is -0.123. The molecule has 0 aliphatic carbocycles. The maximum atomic E-state index is 12.2. The predicted octanol–water partition coefficient (Wildman–Crippen LogP) is 2.69. The first-order valence-electron chi connectivity index (χ1n) is 7.84. The van der Waals surface area contributed by atoms with E-state index in [1.807, 2.05) is 19.1 Å². The van der Waals surface area contributed by atoms with Gasteiger partial charge in [-0.1, -0.05) is 31.2 Å². The molecule has 0 saturated heterocycles. The van der Waals surface area contributed by atoms with E-state index >= 15 is 0 Å². The fraction of sp³-hybridized carbons (Fsp3) is 0.222. The number of para-hydroxylation sites is 1. The number of alkyl halides is 2. The van der Waals surface area contributed by atoms with Gasteiger partial charge in [-0.25, -0.2) is 0 Å². The summed E-state index contributed by atoms with van der Waals surface area (Å²) in [6.07, 6.45) is 0.756. The Labute approximate surface area is 149 Å². The first-order chi connectivity index (χ1) is 12.5. The lowest BCUT2D eigenvalue weighted by Crippen LogP contribution is -2.43. The fourth-order valence-corrected chi connectivity index (χ4v) is 2.13. The molecule has 2 rings (SSSR count). The van der Waals surface area contributed by atoms with Gasteiger partial charge in [0.1, 0.15) is 11.5 Å². The molecule has 138 valence electrons. The molecule has 8 heteroatoms. The normalized spacial score (nSPS) is 10.3. The largest absolute Gasteiger partial charge is 0.483 e. The number of hydrogen-bond donors (Lipinski definition) is 2. The van der Waals surface area contributed by atoms with Crippen LogP contribution in [0.5, 0.6) is 11.5 Å². The predicted molar refractivity (Wildman–Crippen MR) is 90.0 cm³/mol. The highest BCUT2D eigenvalue weighted by molar-refractivity contribution is 5.95. The minimum atomic E-state index is -2.99. The third-order valence-corrected chi connectivity index (χ3v) is 3.35. The van der Waals surface area contributed by atoms with Crippen LogP contribution in [0, 0.1) is 0 Å². The number of amides is 2. The number of benzene rings is 2. The van der Waals surface area contributed by atoms with Crippen molar-refractivity contribution in [3.63, 3.8) is 0 Å². The Bertz CT molecular complexity index is 768. The Morgan fingerprint density at radius 3 is 2.58 bits per heavy atom. The molecule has 0 fully saturated rings. The molecule has 26 heavy (non-hydrogen) atoms.